The largest absolute Gasteiger partial charge is 0.460 e. The monoisotopic (exact) mass is 384 g/mol. The Balaban J connectivity index is 1.26. The summed E-state index contributed by atoms with van der Waals surface area (Å²) in [5, 5.41) is 4.75. The molecule has 1 aliphatic carbocycles. The van der Waals surface area contributed by atoms with Crippen molar-refractivity contribution in [2.24, 2.45) is 0 Å². The first-order chi connectivity index (χ1) is 13.2. The second-order valence-electron chi connectivity index (χ2n) is 6.88. The van der Waals surface area contributed by atoms with E-state index in [4.69, 9.17) is 16.3 Å². The van der Waals surface area contributed by atoms with Crippen molar-refractivity contribution in [3.8, 4) is 6.01 Å². The number of para-hydroxylation sites is 1. The topological polar surface area (TPSA) is 79.9 Å². The maximum Gasteiger partial charge on any atom is 0.316 e. The van der Waals surface area contributed by atoms with E-state index in [0.717, 1.165) is 42.1 Å². The Hall–Kier alpha value is -2.60. The summed E-state index contributed by atoms with van der Waals surface area (Å²) in [6.45, 7) is 0. The van der Waals surface area contributed by atoms with Gasteiger partial charge in [-0.05, 0) is 37.3 Å². The summed E-state index contributed by atoms with van der Waals surface area (Å²) in [6.07, 6.45) is 8.94. The van der Waals surface area contributed by atoms with Crippen LogP contribution >= 0.6 is 11.6 Å². The van der Waals surface area contributed by atoms with E-state index in [9.17, 15) is 4.79 Å². The summed E-state index contributed by atoms with van der Waals surface area (Å²) in [4.78, 5) is 23.8. The fourth-order valence-corrected chi connectivity index (χ4v) is 3.66. The fraction of sp³-hybridized carbons (Fsp3) is 0.350. The van der Waals surface area contributed by atoms with Crippen molar-refractivity contribution in [3.05, 3.63) is 53.4 Å². The molecule has 0 bridgehead atoms. The first-order valence-electron chi connectivity index (χ1n) is 9.16. The zero-order valence-electron chi connectivity index (χ0n) is 14.8. The Labute approximate surface area is 162 Å². The average molecular weight is 385 g/mol. The lowest BCUT2D eigenvalue weighted by Crippen LogP contribution is -2.40. The van der Waals surface area contributed by atoms with Crippen molar-refractivity contribution in [3.63, 3.8) is 0 Å². The van der Waals surface area contributed by atoms with Crippen LogP contribution in [0, 0.1) is 0 Å². The second-order valence-corrected chi connectivity index (χ2v) is 7.32. The molecule has 0 unspecified atom stereocenters. The summed E-state index contributed by atoms with van der Waals surface area (Å²) in [5.74, 6) is 0.0603. The van der Waals surface area contributed by atoms with Crippen molar-refractivity contribution >= 4 is 28.4 Å². The molecule has 6 nitrogen and oxygen atoms in total. The van der Waals surface area contributed by atoms with Crippen LogP contribution in [0.5, 0.6) is 6.01 Å². The third-order valence-corrected chi connectivity index (χ3v) is 5.13. The van der Waals surface area contributed by atoms with E-state index < -0.39 is 0 Å². The number of hydrogen-bond acceptors (Lipinski definition) is 4. The average Bonchev–Trinajstić information content (AvgIpc) is 3.08. The summed E-state index contributed by atoms with van der Waals surface area (Å²) in [6, 6.07) is 8.57. The van der Waals surface area contributed by atoms with Gasteiger partial charge in [-0.25, -0.2) is 9.97 Å². The van der Waals surface area contributed by atoms with Crippen LogP contribution in [0.3, 0.4) is 0 Å². The Morgan fingerprint density at radius 2 is 1.93 bits per heavy atom. The SMILES string of the molecule is O=C(Cc1c[nH]c2ccccc12)NC1CCC(Oc2ncc(Cl)cn2)CC1. The molecule has 2 heterocycles. The summed E-state index contributed by atoms with van der Waals surface area (Å²) < 4.78 is 5.80. The third-order valence-electron chi connectivity index (χ3n) is 4.93. The predicted octanol–water partition coefficient (Wildman–Crippen LogP) is 3.66. The molecule has 0 spiro atoms. The van der Waals surface area contributed by atoms with Gasteiger partial charge < -0.3 is 15.0 Å². The van der Waals surface area contributed by atoms with Gasteiger partial charge in [-0.3, -0.25) is 4.79 Å². The number of fused-ring (bicyclic) bond motifs is 1. The molecule has 0 saturated heterocycles. The minimum atomic E-state index is 0.0603. The van der Waals surface area contributed by atoms with Gasteiger partial charge in [0.1, 0.15) is 6.10 Å². The highest BCUT2D eigenvalue weighted by molar-refractivity contribution is 6.30. The van der Waals surface area contributed by atoms with Crippen LogP contribution in [0.2, 0.25) is 5.02 Å². The molecule has 0 aliphatic heterocycles. The number of halogens is 1. The van der Waals surface area contributed by atoms with Gasteiger partial charge in [0, 0.05) is 23.1 Å². The smallest absolute Gasteiger partial charge is 0.316 e. The summed E-state index contributed by atoms with van der Waals surface area (Å²) in [5.41, 5.74) is 2.09. The minimum absolute atomic E-state index is 0.0603. The molecule has 0 radical (unpaired) electrons. The third kappa shape index (κ3) is 4.39. The summed E-state index contributed by atoms with van der Waals surface area (Å²) in [7, 11) is 0. The molecule has 7 heteroatoms. The molecule has 1 aromatic carbocycles. The fourth-order valence-electron chi connectivity index (χ4n) is 3.56. The maximum atomic E-state index is 12.4. The Kier molecular flexibility index (Phi) is 5.25. The quantitative estimate of drug-likeness (QED) is 0.703. The molecule has 1 fully saturated rings. The Morgan fingerprint density at radius 3 is 2.70 bits per heavy atom. The van der Waals surface area contributed by atoms with E-state index in [0.29, 0.717) is 17.5 Å². The number of nitrogens with one attached hydrogen (secondary N) is 2. The van der Waals surface area contributed by atoms with Crippen molar-refractivity contribution in [1.82, 2.24) is 20.3 Å². The number of rotatable bonds is 5. The molecule has 0 atom stereocenters. The Bertz CT molecular complexity index is 917. The molecule has 3 aromatic rings. The van der Waals surface area contributed by atoms with Gasteiger partial charge in [0.25, 0.3) is 0 Å². The van der Waals surface area contributed by atoms with Crippen LogP contribution < -0.4 is 10.1 Å². The van der Waals surface area contributed by atoms with Gasteiger partial charge in [-0.15, -0.1) is 0 Å². The highest BCUT2D eigenvalue weighted by Gasteiger charge is 2.24. The second kappa shape index (κ2) is 7.96. The van der Waals surface area contributed by atoms with Crippen LogP contribution in [0.15, 0.2) is 42.9 Å². The van der Waals surface area contributed by atoms with Crippen molar-refractivity contribution in [2.75, 3.05) is 0 Å². The van der Waals surface area contributed by atoms with Gasteiger partial charge in [-0.2, -0.15) is 0 Å². The number of aromatic nitrogens is 3. The number of amides is 1. The van der Waals surface area contributed by atoms with E-state index in [1.807, 2.05) is 30.5 Å². The van der Waals surface area contributed by atoms with Crippen LogP contribution in [0.4, 0.5) is 0 Å². The van der Waals surface area contributed by atoms with Crippen LogP contribution in [-0.2, 0) is 11.2 Å². The molecule has 2 N–H and O–H groups in total. The predicted molar refractivity (Wildman–Crippen MR) is 104 cm³/mol. The number of carbonyl (C=O) groups is 1. The molecule has 4 rings (SSSR count). The van der Waals surface area contributed by atoms with Crippen LogP contribution in [0.1, 0.15) is 31.2 Å². The van der Waals surface area contributed by atoms with Gasteiger partial charge in [0.2, 0.25) is 5.91 Å². The van der Waals surface area contributed by atoms with Crippen molar-refractivity contribution in [1.29, 1.82) is 0 Å². The van der Waals surface area contributed by atoms with Crippen molar-refractivity contribution in [2.45, 2.75) is 44.2 Å². The van der Waals surface area contributed by atoms with Crippen molar-refractivity contribution < 1.29 is 9.53 Å². The van der Waals surface area contributed by atoms with Crippen LogP contribution in [0.25, 0.3) is 10.9 Å². The molecule has 27 heavy (non-hydrogen) atoms. The molecular weight excluding hydrogens is 364 g/mol. The highest BCUT2D eigenvalue weighted by atomic mass is 35.5. The number of benzene rings is 1. The number of aromatic amines is 1. The van der Waals surface area contributed by atoms with Gasteiger partial charge in [-0.1, -0.05) is 29.8 Å². The zero-order valence-corrected chi connectivity index (χ0v) is 15.6. The van der Waals surface area contributed by atoms with E-state index in [1.165, 1.54) is 12.4 Å². The molecule has 1 amide bonds. The van der Waals surface area contributed by atoms with E-state index in [-0.39, 0.29) is 18.1 Å². The molecule has 140 valence electrons. The zero-order chi connectivity index (χ0) is 18.6. The van der Waals surface area contributed by atoms with Crippen LogP contribution in [-0.4, -0.2) is 33.0 Å². The van der Waals surface area contributed by atoms with E-state index in [2.05, 4.69) is 20.3 Å². The lowest BCUT2D eigenvalue weighted by Gasteiger charge is -2.28. The molecular formula is C20H21ClN4O2. The van der Waals surface area contributed by atoms with Gasteiger partial charge >= 0.3 is 6.01 Å². The number of hydrogen-bond donors (Lipinski definition) is 2. The minimum Gasteiger partial charge on any atom is -0.460 e. The van der Waals surface area contributed by atoms with Gasteiger partial charge in [0.05, 0.1) is 23.8 Å². The number of ether oxygens (including phenoxy) is 1. The molecule has 1 saturated carbocycles. The highest BCUT2D eigenvalue weighted by Crippen LogP contribution is 2.23. The number of H-pyrrole nitrogens is 1. The standard InChI is InChI=1S/C20H21ClN4O2/c21-14-11-23-20(24-12-14)27-16-7-5-15(6-8-16)25-19(26)9-13-10-22-18-4-2-1-3-17(13)18/h1-4,10-12,15-16,22H,5-9H2,(H,25,26). The number of nitrogens with zero attached hydrogens (tertiary/aromatic N) is 2. The molecule has 1 aliphatic rings. The first-order valence-corrected chi connectivity index (χ1v) is 9.54. The normalized spacial score (nSPS) is 19.7. The lowest BCUT2D eigenvalue weighted by molar-refractivity contribution is -0.121. The number of carbonyl (C=O) groups excluding carboxylic acids is 1. The first kappa shape index (κ1) is 17.8. The lowest BCUT2D eigenvalue weighted by atomic mass is 9.93. The van der Waals surface area contributed by atoms with E-state index >= 15 is 0 Å². The van der Waals surface area contributed by atoms with Gasteiger partial charge in [0.15, 0.2) is 0 Å². The molecule has 2 aromatic heterocycles. The maximum absolute atomic E-state index is 12.4. The van der Waals surface area contributed by atoms with E-state index in [1.54, 1.807) is 0 Å². The summed E-state index contributed by atoms with van der Waals surface area (Å²) >= 11 is 5.78. The Morgan fingerprint density at radius 1 is 1.19 bits per heavy atom.